The summed E-state index contributed by atoms with van der Waals surface area (Å²) in [6.45, 7) is 0.520. The molecule has 1 saturated carbocycles. The first-order valence-electron chi connectivity index (χ1n) is 7.78. The van der Waals surface area contributed by atoms with Crippen LogP contribution in [0.3, 0.4) is 0 Å². The maximum atomic E-state index is 12.1. The van der Waals surface area contributed by atoms with Crippen LogP contribution >= 0.6 is 11.3 Å². The molecule has 1 heterocycles. The van der Waals surface area contributed by atoms with Crippen LogP contribution in [0.15, 0.2) is 30.5 Å². The van der Waals surface area contributed by atoms with E-state index in [4.69, 9.17) is 10.5 Å². The van der Waals surface area contributed by atoms with E-state index in [0.29, 0.717) is 6.54 Å². The highest BCUT2D eigenvalue weighted by Gasteiger charge is 2.27. The van der Waals surface area contributed by atoms with Gasteiger partial charge in [-0.2, -0.15) is 0 Å². The van der Waals surface area contributed by atoms with Crippen molar-refractivity contribution in [3.63, 3.8) is 0 Å². The molecule has 122 valence electrons. The second-order valence-electron chi connectivity index (χ2n) is 5.85. The highest BCUT2D eigenvalue weighted by molar-refractivity contribution is 7.15. The Bertz CT molecular complexity index is 686. The standard InChI is InChI=1S/C17H21N3O2S/c1-22-14-4-2-3-12(8-14)17-20-10-15(23-17)9-19-16(21)11-5-6-13(18)7-11/h2-4,8,10-11,13H,5-7,9,18H2,1H3,(H,19,21)/t11-,13+/m0/s1. The summed E-state index contributed by atoms with van der Waals surface area (Å²) in [6, 6.07) is 7.99. The van der Waals surface area contributed by atoms with Gasteiger partial charge in [-0.3, -0.25) is 4.79 Å². The number of nitrogens with zero attached hydrogens (tertiary/aromatic N) is 1. The average Bonchev–Trinajstić information content (AvgIpc) is 3.22. The Hall–Kier alpha value is -1.92. The highest BCUT2D eigenvalue weighted by atomic mass is 32.1. The summed E-state index contributed by atoms with van der Waals surface area (Å²) < 4.78 is 5.24. The lowest BCUT2D eigenvalue weighted by Crippen LogP contribution is -2.29. The molecule has 1 aromatic carbocycles. The lowest BCUT2D eigenvalue weighted by molar-refractivity contribution is -0.124. The van der Waals surface area contributed by atoms with Crippen molar-refractivity contribution in [1.82, 2.24) is 10.3 Å². The summed E-state index contributed by atoms with van der Waals surface area (Å²) in [5.74, 6) is 0.982. The van der Waals surface area contributed by atoms with Gasteiger partial charge in [-0.15, -0.1) is 11.3 Å². The van der Waals surface area contributed by atoms with Gasteiger partial charge in [0.05, 0.1) is 13.7 Å². The second-order valence-corrected chi connectivity index (χ2v) is 6.97. The van der Waals surface area contributed by atoms with Crippen LogP contribution in [-0.4, -0.2) is 24.0 Å². The molecule has 0 bridgehead atoms. The van der Waals surface area contributed by atoms with E-state index in [0.717, 1.165) is 40.5 Å². The Morgan fingerprint density at radius 3 is 3.09 bits per heavy atom. The van der Waals surface area contributed by atoms with E-state index in [-0.39, 0.29) is 17.9 Å². The number of nitrogens with one attached hydrogen (secondary N) is 1. The van der Waals surface area contributed by atoms with Crippen LogP contribution in [0.2, 0.25) is 0 Å². The first-order chi connectivity index (χ1) is 11.2. The van der Waals surface area contributed by atoms with Gasteiger partial charge in [-0.05, 0) is 31.4 Å². The summed E-state index contributed by atoms with van der Waals surface area (Å²) in [5, 5.41) is 3.93. The summed E-state index contributed by atoms with van der Waals surface area (Å²) in [4.78, 5) is 17.6. The van der Waals surface area contributed by atoms with Crippen LogP contribution in [0.5, 0.6) is 5.75 Å². The summed E-state index contributed by atoms with van der Waals surface area (Å²) in [7, 11) is 1.65. The van der Waals surface area contributed by atoms with Gasteiger partial charge in [-0.25, -0.2) is 4.98 Å². The molecule has 1 fully saturated rings. The molecule has 1 aromatic heterocycles. The van der Waals surface area contributed by atoms with Crippen LogP contribution in [0.1, 0.15) is 24.1 Å². The predicted molar refractivity (Wildman–Crippen MR) is 91.3 cm³/mol. The minimum atomic E-state index is 0.0655. The van der Waals surface area contributed by atoms with Crippen LogP contribution in [0.25, 0.3) is 10.6 Å². The van der Waals surface area contributed by atoms with Crippen molar-refractivity contribution in [3.8, 4) is 16.3 Å². The summed E-state index contributed by atoms with van der Waals surface area (Å²) in [6.07, 6.45) is 4.45. The Balaban J connectivity index is 1.60. The molecule has 3 rings (SSSR count). The van der Waals surface area contributed by atoms with Gasteiger partial charge in [0.1, 0.15) is 10.8 Å². The number of methoxy groups -OCH3 is 1. The van der Waals surface area contributed by atoms with Crippen molar-refractivity contribution in [1.29, 1.82) is 0 Å². The third-order valence-electron chi connectivity index (χ3n) is 4.15. The highest BCUT2D eigenvalue weighted by Crippen LogP contribution is 2.28. The maximum absolute atomic E-state index is 12.1. The Labute approximate surface area is 139 Å². The molecule has 0 radical (unpaired) electrons. The quantitative estimate of drug-likeness (QED) is 0.883. The third kappa shape index (κ3) is 3.89. The number of hydrogen-bond donors (Lipinski definition) is 2. The molecule has 1 amide bonds. The Morgan fingerprint density at radius 2 is 2.35 bits per heavy atom. The number of benzene rings is 1. The van der Waals surface area contributed by atoms with Crippen molar-refractivity contribution in [2.75, 3.05) is 7.11 Å². The molecule has 5 nitrogen and oxygen atoms in total. The first-order valence-corrected chi connectivity index (χ1v) is 8.60. The van der Waals surface area contributed by atoms with E-state index in [9.17, 15) is 4.79 Å². The number of amides is 1. The third-order valence-corrected chi connectivity index (χ3v) is 5.20. The predicted octanol–water partition coefficient (Wildman–Crippen LogP) is 2.56. The molecule has 0 saturated heterocycles. The number of carbonyl (C=O) groups is 1. The number of rotatable bonds is 5. The van der Waals surface area contributed by atoms with E-state index in [2.05, 4.69) is 10.3 Å². The Morgan fingerprint density at radius 1 is 1.48 bits per heavy atom. The van der Waals surface area contributed by atoms with Crippen LogP contribution in [0, 0.1) is 5.92 Å². The van der Waals surface area contributed by atoms with Crippen molar-refractivity contribution < 1.29 is 9.53 Å². The smallest absolute Gasteiger partial charge is 0.223 e. The minimum absolute atomic E-state index is 0.0655. The van der Waals surface area contributed by atoms with E-state index < -0.39 is 0 Å². The summed E-state index contributed by atoms with van der Waals surface area (Å²) in [5.41, 5.74) is 6.89. The fraction of sp³-hybridized carbons (Fsp3) is 0.412. The fourth-order valence-corrected chi connectivity index (χ4v) is 3.70. The molecule has 0 spiro atoms. The molecular weight excluding hydrogens is 310 g/mol. The van der Waals surface area contributed by atoms with E-state index in [1.807, 2.05) is 30.5 Å². The van der Waals surface area contributed by atoms with Crippen molar-refractivity contribution in [2.45, 2.75) is 31.8 Å². The molecule has 3 N–H and O–H groups in total. The summed E-state index contributed by atoms with van der Waals surface area (Å²) >= 11 is 1.58. The van der Waals surface area contributed by atoms with Crippen molar-refractivity contribution in [3.05, 3.63) is 35.3 Å². The zero-order valence-corrected chi connectivity index (χ0v) is 13.9. The van der Waals surface area contributed by atoms with Gasteiger partial charge in [0.25, 0.3) is 0 Å². The molecule has 2 atom stereocenters. The van der Waals surface area contributed by atoms with Crippen LogP contribution in [0.4, 0.5) is 0 Å². The fourth-order valence-electron chi connectivity index (χ4n) is 2.85. The normalized spacial score (nSPS) is 20.4. The van der Waals surface area contributed by atoms with E-state index in [1.54, 1.807) is 18.4 Å². The Kier molecular flexibility index (Phi) is 4.93. The SMILES string of the molecule is COc1cccc(-c2ncc(CNC(=O)[C@H]3CC[C@@H](N)C3)s2)c1. The molecule has 0 aliphatic heterocycles. The van der Waals surface area contributed by atoms with Gasteiger partial charge in [0.2, 0.25) is 5.91 Å². The lowest BCUT2D eigenvalue weighted by Gasteiger charge is -2.09. The first kappa shape index (κ1) is 16.0. The molecule has 1 aliphatic carbocycles. The number of carbonyl (C=O) groups excluding carboxylic acids is 1. The van der Waals surface area contributed by atoms with E-state index >= 15 is 0 Å². The monoisotopic (exact) mass is 331 g/mol. The second kappa shape index (κ2) is 7.10. The lowest BCUT2D eigenvalue weighted by atomic mass is 10.1. The molecule has 23 heavy (non-hydrogen) atoms. The van der Waals surface area contributed by atoms with Gasteiger partial charge < -0.3 is 15.8 Å². The van der Waals surface area contributed by atoms with Gasteiger partial charge >= 0.3 is 0 Å². The van der Waals surface area contributed by atoms with Gasteiger partial charge in [-0.1, -0.05) is 12.1 Å². The van der Waals surface area contributed by atoms with Gasteiger partial charge in [0, 0.05) is 28.6 Å². The largest absolute Gasteiger partial charge is 0.497 e. The number of aromatic nitrogens is 1. The van der Waals surface area contributed by atoms with Crippen LogP contribution < -0.4 is 15.8 Å². The van der Waals surface area contributed by atoms with Crippen molar-refractivity contribution >= 4 is 17.2 Å². The van der Waals surface area contributed by atoms with E-state index in [1.165, 1.54) is 0 Å². The molecule has 0 unspecified atom stereocenters. The number of ether oxygens (including phenoxy) is 1. The van der Waals surface area contributed by atoms with Crippen LogP contribution in [-0.2, 0) is 11.3 Å². The average molecular weight is 331 g/mol. The molecular formula is C17H21N3O2S. The number of nitrogens with two attached hydrogens (primary N) is 1. The number of hydrogen-bond acceptors (Lipinski definition) is 5. The zero-order chi connectivity index (χ0) is 16.2. The zero-order valence-electron chi connectivity index (χ0n) is 13.1. The topological polar surface area (TPSA) is 77.2 Å². The molecule has 1 aliphatic rings. The van der Waals surface area contributed by atoms with Gasteiger partial charge in [0.15, 0.2) is 0 Å². The maximum Gasteiger partial charge on any atom is 0.223 e. The number of thiazole rings is 1. The van der Waals surface area contributed by atoms with Crippen molar-refractivity contribution in [2.24, 2.45) is 11.7 Å². The minimum Gasteiger partial charge on any atom is -0.497 e. The molecule has 2 aromatic rings. The molecule has 6 heteroatoms.